The van der Waals surface area contributed by atoms with E-state index in [1.807, 2.05) is 9.80 Å². The van der Waals surface area contributed by atoms with Gasteiger partial charge in [0.1, 0.15) is 0 Å². The van der Waals surface area contributed by atoms with Crippen LogP contribution >= 0.6 is 0 Å². The van der Waals surface area contributed by atoms with Crippen LogP contribution in [0.3, 0.4) is 0 Å². The molecule has 1 aromatic rings. The van der Waals surface area contributed by atoms with Gasteiger partial charge >= 0.3 is 0 Å². The zero-order valence-corrected chi connectivity index (χ0v) is 14.5. The maximum absolute atomic E-state index is 12.6. The minimum absolute atomic E-state index is 0.0751. The number of β-lactam (4-membered cyclic amide) rings is 1. The highest BCUT2D eigenvalue weighted by atomic mass is 16.5. The molecule has 7 nitrogen and oxygen atoms in total. The molecular formula is C18H24N2O5. The van der Waals surface area contributed by atoms with Crippen LogP contribution in [0.5, 0.6) is 0 Å². The number of nitrogens with zero attached hydrogens (tertiary/aromatic N) is 2. The molecule has 0 radical (unpaired) electrons. The first-order valence-electron chi connectivity index (χ1n) is 8.94. The summed E-state index contributed by atoms with van der Waals surface area (Å²) in [5.41, 5.74) is -0.220. The zero-order valence-electron chi connectivity index (χ0n) is 14.5. The third-order valence-electron chi connectivity index (χ3n) is 5.87. The van der Waals surface area contributed by atoms with E-state index in [2.05, 4.69) is 0 Å². The van der Waals surface area contributed by atoms with Crippen molar-refractivity contribution in [1.82, 2.24) is 9.80 Å². The number of amides is 2. The van der Waals surface area contributed by atoms with Crippen molar-refractivity contribution in [2.75, 3.05) is 33.4 Å². The van der Waals surface area contributed by atoms with Gasteiger partial charge < -0.3 is 23.7 Å². The van der Waals surface area contributed by atoms with E-state index in [1.54, 1.807) is 19.2 Å². The molecule has 25 heavy (non-hydrogen) atoms. The maximum atomic E-state index is 12.6. The van der Waals surface area contributed by atoms with Crippen LogP contribution in [0, 0.1) is 0 Å². The van der Waals surface area contributed by atoms with E-state index in [0.717, 1.165) is 25.7 Å². The Hall–Kier alpha value is -1.86. The van der Waals surface area contributed by atoms with Crippen molar-refractivity contribution in [2.45, 2.75) is 43.4 Å². The number of furan rings is 1. The van der Waals surface area contributed by atoms with Crippen molar-refractivity contribution in [3.63, 3.8) is 0 Å². The highest BCUT2D eigenvalue weighted by Gasteiger charge is 2.62. The third kappa shape index (κ3) is 2.57. The van der Waals surface area contributed by atoms with Gasteiger partial charge in [0, 0.05) is 39.5 Å². The molecule has 0 bridgehead atoms. The predicted octanol–water partition coefficient (Wildman–Crippen LogP) is 1.29. The molecule has 0 N–H and O–H groups in total. The Bertz CT molecular complexity index is 630. The van der Waals surface area contributed by atoms with Crippen LogP contribution < -0.4 is 0 Å². The second-order valence-corrected chi connectivity index (χ2v) is 7.04. The monoisotopic (exact) mass is 348 g/mol. The van der Waals surface area contributed by atoms with Gasteiger partial charge in [-0.15, -0.1) is 0 Å². The average molecular weight is 348 g/mol. The highest BCUT2D eigenvalue weighted by Crippen LogP contribution is 2.45. The normalized spacial score (nSPS) is 26.8. The summed E-state index contributed by atoms with van der Waals surface area (Å²) in [5, 5.41) is 0. The van der Waals surface area contributed by atoms with Crippen molar-refractivity contribution in [3.05, 3.63) is 24.2 Å². The van der Waals surface area contributed by atoms with Crippen LogP contribution in [0.15, 0.2) is 22.8 Å². The number of rotatable bonds is 3. The summed E-state index contributed by atoms with van der Waals surface area (Å²) in [7, 11) is 1.61. The van der Waals surface area contributed by atoms with Crippen LogP contribution in [-0.4, -0.2) is 72.7 Å². The minimum Gasteiger partial charge on any atom is -0.459 e. The van der Waals surface area contributed by atoms with Crippen molar-refractivity contribution in [1.29, 1.82) is 0 Å². The number of carbonyl (C=O) groups is 2. The first-order chi connectivity index (χ1) is 12.2. The van der Waals surface area contributed by atoms with Gasteiger partial charge in [0.2, 0.25) is 0 Å². The number of likely N-dealkylation sites (tertiary alicyclic amines) is 2. The lowest BCUT2D eigenvalue weighted by Crippen LogP contribution is -2.79. The van der Waals surface area contributed by atoms with Gasteiger partial charge in [-0.25, -0.2) is 0 Å². The first-order valence-corrected chi connectivity index (χ1v) is 8.94. The first kappa shape index (κ1) is 16.6. The van der Waals surface area contributed by atoms with Crippen LogP contribution in [0.2, 0.25) is 0 Å². The SMILES string of the molecule is COC1C(=O)N(C2CCN(C(=O)c3ccco3)CC2)C12CCOCC2. The Balaban J connectivity index is 1.43. The number of carbonyl (C=O) groups excluding carboxylic acids is 2. The van der Waals surface area contributed by atoms with Gasteiger partial charge in [0.25, 0.3) is 11.8 Å². The van der Waals surface area contributed by atoms with Gasteiger partial charge in [-0.2, -0.15) is 0 Å². The van der Waals surface area contributed by atoms with E-state index < -0.39 is 0 Å². The van der Waals surface area contributed by atoms with Gasteiger partial charge in [0.15, 0.2) is 11.9 Å². The van der Waals surface area contributed by atoms with Crippen molar-refractivity contribution in [3.8, 4) is 0 Å². The van der Waals surface area contributed by atoms with E-state index in [1.165, 1.54) is 6.26 Å². The molecule has 4 heterocycles. The summed E-state index contributed by atoms with van der Waals surface area (Å²) < 4.78 is 16.2. The summed E-state index contributed by atoms with van der Waals surface area (Å²) in [6.45, 7) is 2.61. The molecule has 3 saturated heterocycles. The standard InChI is InChI=1S/C18H24N2O5/c1-23-15-17(22)20(18(15)6-11-24-12-7-18)13-4-8-19(9-5-13)16(21)14-3-2-10-25-14/h2-3,10,13,15H,4-9,11-12H2,1H3. The lowest BCUT2D eigenvalue weighted by molar-refractivity contribution is -0.213. The number of piperidine rings is 1. The molecule has 3 aliphatic heterocycles. The molecule has 0 aliphatic carbocycles. The number of ether oxygens (including phenoxy) is 2. The molecule has 1 atom stereocenters. The molecule has 2 amide bonds. The Kier molecular flexibility index (Phi) is 4.29. The van der Waals surface area contributed by atoms with Crippen molar-refractivity contribution < 1.29 is 23.5 Å². The maximum Gasteiger partial charge on any atom is 0.289 e. The molecule has 1 aromatic heterocycles. The fraction of sp³-hybridized carbons (Fsp3) is 0.667. The van der Waals surface area contributed by atoms with Gasteiger partial charge in [-0.05, 0) is 37.8 Å². The fourth-order valence-electron chi connectivity index (χ4n) is 4.61. The van der Waals surface area contributed by atoms with E-state index in [-0.39, 0.29) is 29.5 Å². The Morgan fingerprint density at radius 1 is 1.28 bits per heavy atom. The smallest absolute Gasteiger partial charge is 0.289 e. The summed E-state index contributed by atoms with van der Waals surface area (Å²) in [6, 6.07) is 3.57. The molecular weight excluding hydrogens is 324 g/mol. The van der Waals surface area contributed by atoms with Crippen LogP contribution in [-0.2, 0) is 14.3 Å². The average Bonchev–Trinajstić information content (AvgIpc) is 3.18. The molecule has 4 rings (SSSR count). The summed E-state index contributed by atoms with van der Waals surface area (Å²) >= 11 is 0. The summed E-state index contributed by atoms with van der Waals surface area (Å²) in [5.74, 6) is 0.382. The van der Waals surface area contributed by atoms with E-state index in [0.29, 0.717) is 32.1 Å². The van der Waals surface area contributed by atoms with E-state index >= 15 is 0 Å². The van der Waals surface area contributed by atoms with Crippen LogP contribution in [0.4, 0.5) is 0 Å². The molecule has 7 heteroatoms. The second kappa shape index (κ2) is 6.46. The molecule has 0 saturated carbocycles. The molecule has 136 valence electrons. The zero-order chi connectivity index (χ0) is 17.4. The minimum atomic E-state index is -0.348. The molecule has 0 aromatic carbocycles. The van der Waals surface area contributed by atoms with E-state index in [9.17, 15) is 9.59 Å². The van der Waals surface area contributed by atoms with E-state index in [4.69, 9.17) is 13.9 Å². The number of hydrogen-bond acceptors (Lipinski definition) is 5. The molecule has 1 spiro atoms. The number of methoxy groups -OCH3 is 1. The van der Waals surface area contributed by atoms with Gasteiger partial charge in [-0.3, -0.25) is 9.59 Å². The summed E-state index contributed by atoms with van der Waals surface area (Å²) in [4.78, 5) is 28.9. The predicted molar refractivity (Wildman–Crippen MR) is 88.1 cm³/mol. The quantitative estimate of drug-likeness (QED) is 0.770. The lowest BCUT2D eigenvalue weighted by atomic mass is 9.72. The summed E-state index contributed by atoms with van der Waals surface area (Å²) in [6.07, 6.45) is 4.39. The van der Waals surface area contributed by atoms with Gasteiger partial charge in [0.05, 0.1) is 11.8 Å². The third-order valence-corrected chi connectivity index (χ3v) is 5.87. The van der Waals surface area contributed by atoms with Crippen LogP contribution in [0.1, 0.15) is 36.2 Å². The largest absolute Gasteiger partial charge is 0.459 e. The molecule has 1 unspecified atom stereocenters. The van der Waals surface area contributed by atoms with Gasteiger partial charge in [-0.1, -0.05) is 0 Å². The molecule has 3 fully saturated rings. The Labute approximate surface area is 146 Å². The number of hydrogen-bond donors (Lipinski definition) is 0. The molecule has 3 aliphatic rings. The van der Waals surface area contributed by atoms with Crippen molar-refractivity contribution >= 4 is 11.8 Å². The fourth-order valence-corrected chi connectivity index (χ4v) is 4.61. The Morgan fingerprint density at radius 2 is 2.00 bits per heavy atom. The Morgan fingerprint density at radius 3 is 2.60 bits per heavy atom. The van der Waals surface area contributed by atoms with Crippen LogP contribution in [0.25, 0.3) is 0 Å². The van der Waals surface area contributed by atoms with Crippen molar-refractivity contribution in [2.24, 2.45) is 0 Å². The highest BCUT2D eigenvalue weighted by molar-refractivity contribution is 5.92. The topological polar surface area (TPSA) is 72.2 Å². The second-order valence-electron chi connectivity index (χ2n) is 7.04. The lowest BCUT2D eigenvalue weighted by Gasteiger charge is -2.61.